The Morgan fingerprint density at radius 2 is 1.91 bits per heavy atom. The molecule has 5 heteroatoms. The predicted molar refractivity (Wildman–Crippen MR) is 94.2 cm³/mol. The van der Waals surface area contributed by atoms with E-state index >= 15 is 0 Å². The lowest BCUT2D eigenvalue weighted by atomic mass is 10.2. The molecule has 23 heavy (non-hydrogen) atoms. The number of methoxy groups -OCH3 is 1. The highest BCUT2D eigenvalue weighted by molar-refractivity contribution is 5.78. The van der Waals surface area contributed by atoms with Crippen LogP contribution in [0.2, 0.25) is 0 Å². The second-order valence-corrected chi connectivity index (χ2v) is 5.92. The molecule has 1 fully saturated rings. The van der Waals surface area contributed by atoms with Gasteiger partial charge in [-0.15, -0.1) is 0 Å². The van der Waals surface area contributed by atoms with Crippen molar-refractivity contribution in [3.8, 4) is 5.75 Å². The van der Waals surface area contributed by atoms with Gasteiger partial charge in [0.25, 0.3) is 0 Å². The summed E-state index contributed by atoms with van der Waals surface area (Å²) in [5, 5.41) is 3.25. The predicted octanol–water partition coefficient (Wildman–Crippen LogP) is 2.12. The van der Waals surface area contributed by atoms with Gasteiger partial charge in [0.05, 0.1) is 19.3 Å². The number of carbonyl (C=O) groups is 1. The van der Waals surface area contributed by atoms with E-state index in [4.69, 9.17) is 4.74 Å². The van der Waals surface area contributed by atoms with Gasteiger partial charge in [0.2, 0.25) is 5.91 Å². The lowest BCUT2D eigenvalue weighted by Gasteiger charge is -2.36. The second kappa shape index (κ2) is 9.40. The molecule has 1 N–H and O–H groups in total. The van der Waals surface area contributed by atoms with Crippen LogP contribution in [0, 0.1) is 0 Å². The summed E-state index contributed by atoms with van der Waals surface area (Å²) in [6.07, 6.45) is 3.57. The SMILES string of the molecule is CCCCCNCC(=O)N1CCN(c2ccccc2OC)CC1. The van der Waals surface area contributed by atoms with Crippen LogP contribution in [0.3, 0.4) is 0 Å². The summed E-state index contributed by atoms with van der Waals surface area (Å²) in [6, 6.07) is 8.06. The average Bonchev–Trinajstić information content (AvgIpc) is 2.61. The maximum atomic E-state index is 12.2. The lowest BCUT2D eigenvalue weighted by Crippen LogP contribution is -2.51. The molecule has 1 amide bonds. The maximum Gasteiger partial charge on any atom is 0.236 e. The third-order valence-corrected chi connectivity index (χ3v) is 4.29. The van der Waals surface area contributed by atoms with Crippen LogP contribution in [0.5, 0.6) is 5.75 Å². The highest BCUT2D eigenvalue weighted by atomic mass is 16.5. The molecule has 5 nitrogen and oxygen atoms in total. The van der Waals surface area contributed by atoms with Gasteiger partial charge in [-0.3, -0.25) is 4.79 Å². The summed E-state index contributed by atoms with van der Waals surface area (Å²) in [5.74, 6) is 1.10. The van der Waals surface area contributed by atoms with E-state index in [9.17, 15) is 4.79 Å². The minimum Gasteiger partial charge on any atom is -0.495 e. The Morgan fingerprint density at radius 3 is 2.61 bits per heavy atom. The minimum absolute atomic E-state index is 0.209. The molecular weight excluding hydrogens is 290 g/mol. The monoisotopic (exact) mass is 319 g/mol. The van der Waals surface area contributed by atoms with E-state index in [-0.39, 0.29) is 5.91 Å². The van der Waals surface area contributed by atoms with E-state index < -0.39 is 0 Å². The van der Waals surface area contributed by atoms with E-state index in [1.807, 2.05) is 23.1 Å². The number of carbonyl (C=O) groups excluding carboxylic acids is 1. The number of piperazine rings is 1. The van der Waals surface area contributed by atoms with Crippen LogP contribution in [-0.2, 0) is 4.79 Å². The van der Waals surface area contributed by atoms with E-state index in [0.717, 1.165) is 50.6 Å². The summed E-state index contributed by atoms with van der Waals surface area (Å²) in [5.41, 5.74) is 1.11. The largest absolute Gasteiger partial charge is 0.495 e. The molecule has 0 aromatic heterocycles. The van der Waals surface area contributed by atoms with E-state index in [2.05, 4.69) is 23.2 Å². The van der Waals surface area contributed by atoms with Gasteiger partial charge in [0.1, 0.15) is 5.75 Å². The van der Waals surface area contributed by atoms with Crippen molar-refractivity contribution in [3.63, 3.8) is 0 Å². The van der Waals surface area contributed by atoms with Crippen molar-refractivity contribution in [1.29, 1.82) is 0 Å². The smallest absolute Gasteiger partial charge is 0.236 e. The Labute approximate surface area is 139 Å². The first-order valence-electron chi connectivity index (χ1n) is 8.62. The summed E-state index contributed by atoms with van der Waals surface area (Å²) in [4.78, 5) is 16.5. The van der Waals surface area contributed by atoms with Gasteiger partial charge in [0.15, 0.2) is 0 Å². The number of nitrogens with zero attached hydrogens (tertiary/aromatic N) is 2. The van der Waals surface area contributed by atoms with Crippen LogP contribution >= 0.6 is 0 Å². The zero-order chi connectivity index (χ0) is 16.5. The normalized spacial score (nSPS) is 14.9. The third kappa shape index (κ3) is 5.13. The topological polar surface area (TPSA) is 44.8 Å². The van der Waals surface area contributed by atoms with E-state index in [1.165, 1.54) is 12.8 Å². The molecule has 0 aliphatic carbocycles. The molecule has 0 unspecified atom stereocenters. The first-order valence-corrected chi connectivity index (χ1v) is 8.62. The van der Waals surface area contributed by atoms with Crippen LogP contribution in [-0.4, -0.2) is 57.2 Å². The molecule has 1 aliphatic heterocycles. The van der Waals surface area contributed by atoms with Crippen molar-refractivity contribution in [3.05, 3.63) is 24.3 Å². The molecule has 1 saturated heterocycles. The van der Waals surface area contributed by atoms with Crippen molar-refractivity contribution < 1.29 is 9.53 Å². The molecule has 1 aromatic rings. The van der Waals surface area contributed by atoms with Gasteiger partial charge < -0.3 is 19.9 Å². The van der Waals surface area contributed by atoms with E-state index in [0.29, 0.717) is 6.54 Å². The van der Waals surface area contributed by atoms with Crippen LogP contribution < -0.4 is 15.0 Å². The average molecular weight is 319 g/mol. The Balaban J connectivity index is 1.76. The number of unbranched alkanes of at least 4 members (excludes halogenated alkanes) is 2. The fourth-order valence-corrected chi connectivity index (χ4v) is 2.89. The zero-order valence-electron chi connectivity index (χ0n) is 14.4. The fraction of sp³-hybridized carbons (Fsp3) is 0.611. The Kier molecular flexibility index (Phi) is 7.20. The highest BCUT2D eigenvalue weighted by Gasteiger charge is 2.22. The summed E-state index contributed by atoms with van der Waals surface area (Å²) in [6.45, 7) is 6.82. The molecule has 0 atom stereocenters. The zero-order valence-corrected chi connectivity index (χ0v) is 14.4. The molecule has 2 rings (SSSR count). The van der Waals surface area contributed by atoms with Crippen molar-refractivity contribution in [2.45, 2.75) is 26.2 Å². The van der Waals surface area contributed by atoms with Crippen LogP contribution in [0.25, 0.3) is 0 Å². The van der Waals surface area contributed by atoms with Gasteiger partial charge in [0, 0.05) is 26.2 Å². The van der Waals surface area contributed by atoms with Crippen LogP contribution in [0.1, 0.15) is 26.2 Å². The second-order valence-electron chi connectivity index (χ2n) is 5.92. The molecule has 1 heterocycles. The van der Waals surface area contributed by atoms with Crippen LogP contribution in [0.15, 0.2) is 24.3 Å². The number of nitrogens with one attached hydrogen (secondary N) is 1. The Bertz CT molecular complexity index is 485. The molecule has 128 valence electrons. The molecule has 0 saturated carbocycles. The van der Waals surface area contributed by atoms with Crippen LogP contribution in [0.4, 0.5) is 5.69 Å². The number of ether oxygens (including phenoxy) is 1. The Hall–Kier alpha value is -1.75. The van der Waals surface area contributed by atoms with Crippen molar-refractivity contribution in [2.24, 2.45) is 0 Å². The fourth-order valence-electron chi connectivity index (χ4n) is 2.89. The van der Waals surface area contributed by atoms with Gasteiger partial charge in [-0.25, -0.2) is 0 Å². The standard InChI is InChI=1S/C18H29N3O2/c1-3-4-7-10-19-15-18(22)21-13-11-20(12-14-21)16-8-5-6-9-17(16)23-2/h5-6,8-9,19H,3-4,7,10-15H2,1-2H3. The van der Waals surface area contributed by atoms with Gasteiger partial charge in [-0.05, 0) is 25.1 Å². The number of rotatable bonds is 8. The molecule has 0 radical (unpaired) electrons. The number of hydrogen-bond donors (Lipinski definition) is 1. The molecule has 0 spiro atoms. The highest BCUT2D eigenvalue weighted by Crippen LogP contribution is 2.28. The number of hydrogen-bond acceptors (Lipinski definition) is 4. The molecular formula is C18H29N3O2. The van der Waals surface area contributed by atoms with Gasteiger partial charge in [-0.2, -0.15) is 0 Å². The van der Waals surface area contributed by atoms with Crippen molar-refractivity contribution in [2.75, 3.05) is 51.3 Å². The number of anilines is 1. The number of amides is 1. The first-order chi connectivity index (χ1) is 11.3. The maximum absolute atomic E-state index is 12.2. The number of benzene rings is 1. The lowest BCUT2D eigenvalue weighted by molar-refractivity contribution is -0.130. The van der Waals surface area contributed by atoms with Crippen molar-refractivity contribution >= 4 is 11.6 Å². The molecule has 1 aliphatic rings. The quantitative estimate of drug-likeness (QED) is 0.746. The first kappa shape index (κ1) is 17.6. The number of para-hydroxylation sites is 2. The summed E-state index contributed by atoms with van der Waals surface area (Å²) in [7, 11) is 1.70. The third-order valence-electron chi connectivity index (χ3n) is 4.29. The Morgan fingerprint density at radius 1 is 1.17 bits per heavy atom. The molecule has 0 bridgehead atoms. The summed E-state index contributed by atoms with van der Waals surface area (Å²) >= 11 is 0. The van der Waals surface area contributed by atoms with Gasteiger partial charge >= 0.3 is 0 Å². The van der Waals surface area contributed by atoms with E-state index in [1.54, 1.807) is 7.11 Å². The van der Waals surface area contributed by atoms with Gasteiger partial charge in [-0.1, -0.05) is 31.9 Å². The van der Waals surface area contributed by atoms with Crippen molar-refractivity contribution in [1.82, 2.24) is 10.2 Å². The minimum atomic E-state index is 0.209. The summed E-state index contributed by atoms with van der Waals surface area (Å²) < 4.78 is 5.43. The molecule has 1 aromatic carbocycles.